The van der Waals surface area contributed by atoms with Crippen molar-refractivity contribution in [3.63, 3.8) is 0 Å². The monoisotopic (exact) mass is 367 g/mol. The van der Waals surface area contributed by atoms with Crippen molar-refractivity contribution in [1.82, 2.24) is 0 Å². The minimum atomic E-state index is -0.437. The zero-order valence-corrected chi connectivity index (χ0v) is 10.7. The van der Waals surface area contributed by atoms with Crippen LogP contribution in [0.25, 0.3) is 11.0 Å². The Kier molecular flexibility index (Phi) is 3.24. The third-order valence-corrected chi connectivity index (χ3v) is 1.74. The van der Waals surface area contributed by atoms with Gasteiger partial charge in [0, 0.05) is 27.3 Å². The molecule has 0 aliphatic heterocycles. The molecule has 62 valence electrons. The number of fused-ring (bicyclic) bond motifs is 1. The maximum absolute atomic E-state index is 10.7. The van der Waals surface area contributed by atoms with E-state index in [0.29, 0.717) is 11.1 Å². The normalized spacial score (nSPS) is 9.23. The number of hydrogen-bond acceptors (Lipinski definition) is 2. The molecule has 0 saturated carbocycles. The smallest absolute Gasteiger partial charge is 0 e. The minimum Gasteiger partial charge on any atom is 0 e. The van der Waals surface area contributed by atoms with E-state index in [1.165, 1.54) is 0 Å². The summed E-state index contributed by atoms with van der Waals surface area (Å²) in [5, 5.41) is 0.972. The average Bonchev–Trinajstić information content (AvgIpc) is 2.49. The number of hydrogen-bond donors (Lipinski definition) is 1. The van der Waals surface area contributed by atoms with Gasteiger partial charge in [0.05, 0.1) is 0 Å². The largest absolute Gasteiger partial charge is 0 e. The Morgan fingerprint density at radius 3 is 2.92 bits per heavy atom. The molecule has 0 atom stereocenters. The molecule has 5 heteroatoms. The van der Waals surface area contributed by atoms with Gasteiger partial charge in [0.25, 0.3) is 0 Å². The SMILES string of the molecule is NC(=O)c1ccc2cboc2c1.[Pb]. The van der Waals surface area contributed by atoms with Gasteiger partial charge in [0.1, 0.15) is 0 Å². The summed E-state index contributed by atoms with van der Waals surface area (Å²) in [7, 11) is 1.58. The van der Waals surface area contributed by atoms with Crippen LogP contribution in [0.3, 0.4) is 0 Å². The van der Waals surface area contributed by atoms with Crippen LogP contribution in [0.2, 0.25) is 0 Å². The van der Waals surface area contributed by atoms with E-state index in [1.807, 2.05) is 5.96 Å². The molecule has 0 aliphatic rings. The minimum absolute atomic E-state index is 0. The van der Waals surface area contributed by atoms with Gasteiger partial charge in [-0.25, -0.2) is 0 Å². The van der Waals surface area contributed by atoms with Crippen LogP contribution < -0.4 is 5.73 Å². The summed E-state index contributed by atoms with van der Waals surface area (Å²) in [6, 6.07) is 5.12. The van der Waals surface area contributed by atoms with E-state index in [1.54, 1.807) is 25.3 Å². The molecule has 0 fully saturated rings. The van der Waals surface area contributed by atoms with Crippen molar-refractivity contribution in [2.75, 3.05) is 0 Å². The predicted molar refractivity (Wildman–Crippen MR) is 51.8 cm³/mol. The fourth-order valence-electron chi connectivity index (χ4n) is 1.11. The topological polar surface area (TPSA) is 56.2 Å². The summed E-state index contributed by atoms with van der Waals surface area (Å²) in [5.74, 6) is 1.40. The number of carbonyl (C=O) groups is 1. The Hall–Kier alpha value is -0.653. The molecule has 4 radical (unpaired) electrons. The summed E-state index contributed by atoms with van der Waals surface area (Å²) < 4.78 is 5.10. The van der Waals surface area contributed by atoms with Gasteiger partial charge >= 0.3 is 68.6 Å². The molecule has 0 saturated heterocycles. The Morgan fingerprint density at radius 2 is 2.23 bits per heavy atom. The Bertz CT molecular complexity index is 440. The van der Waals surface area contributed by atoms with E-state index in [9.17, 15) is 4.79 Å². The van der Waals surface area contributed by atoms with Crippen LogP contribution >= 0.6 is 0 Å². The van der Waals surface area contributed by atoms with E-state index in [0.717, 1.165) is 5.39 Å². The van der Waals surface area contributed by atoms with E-state index in [4.69, 9.17) is 10.1 Å². The molecule has 1 amide bonds. The molecule has 2 aromatic rings. The average molecular weight is 366 g/mol. The number of amides is 1. The fraction of sp³-hybridized carbons (Fsp3) is 0. The molecule has 13 heavy (non-hydrogen) atoms. The fourth-order valence-corrected chi connectivity index (χ4v) is 1.11. The number of carbonyl (C=O) groups excluding carboxylic acids is 1. The number of benzene rings is 1. The molecule has 0 spiro atoms. The number of rotatable bonds is 1. The van der Waals surface area contributed by atoms with Crippen LogP contribution in [-0.2, 0) is 0 Å². The Labute approximate surface area is 95.7 Å². The molecule has 1 aromatic carbocycles. The van der Waals surface area contributed by atoms with Crippen LogP contribution in [0.5, 0.6) is 0 Å². The van der Waals surface area contributed by atoms with E-state index in [2.05, 4.69) is 0 Å². The van der Waals surface area contributed by atoms with Crippen molar-refractivity contribution in [2.45, 2.75) is 0 Å². The molecule has 0 unspecified atom stereocenters. The predicted octanol–water partition coefficient (Wildman–Crippen LogP) is 0.489. The van der Waals surface area contributed by atoms with Gasteiger partial charge in [-0.2, -0.15) is 0 Å². The van der Waals surface area contributed by atoms with Crippen molar-refractivity contribution < 1.29 is 9.13 Å². The first-order valence-corrected chi connectivity index (χ1v) is 3.54. The second-order valence-electron chi connectivity index (χ2n) is 2.54. The molecule has 2 rings (SSSR count). The van der Waals surface area contributed by atoms with Gasteiger partial charge in [0.15, 0.2) is 0 Å². The Morgan fingerprint density at radius 1 is 1.46 bits per heavy atom. The first kappa shape index (κ1) is 10.4. The number of primary amides is 1. The molecular weight excluding hydrogens is 360 g/mol. The second-order valence-corrected chi connectivity index (χ2v) is 2.54. The molecule has 0 aliphatic carbocycles. The van der Waals surface area contributed by atoms with Gasteiger partial charge in [-0.1, -0.05) is 0 Å². The van der Waals surface area contributed by atoms with Crippen LogP contribution in [0.4, 0.5) is 0 Å². The first-order valence-electron chi connectivity index (χ1n) is 3.54. The van der Waals surface area contributed by atoms with Gasteiger partial charge < -0.3 is 0 Å². The van der Waals surface area contributed by atoms with E-state index in [-0.39, 0.29) is 27.3 Å². The molecular formula is C8H6BNO2Pb. The quantitative estimate of drug-likeness (QED) is 0.747. The van der Waals surface area contributed by atoms with Crippen molar-refractivity contribution in [2.24, 2.45) is 5.73 Å². The third kappa shape index (κ3) is 1.99. The van der Waals surface area contributed by atoms with Crippen molar-refractivity contribution in [3.05, 3.63) is 29.7 Å². The molecule has 1 aromatic heterocycles. The first-order chi connectivity index (χ1) is 5.77. The standard InChI is InChI=1S/C8H6BNO2.Pb/c10-8(11)5-1-2-6-4-9-12-7(6)3-5;/h1-4H,(H2,10,11);. The molecule has 0 bridgehead atoms. The van der Waals surface area contributed by atoms with Gasteiger partial charge in [0.2, 0.25) is 0 Å². The third-order valence-electron chi connectivity index (χ3n) is 1.74. The van der Waals surface area contributed by atoms with Crippen molar-refractivity contribution in [3.8, 4) is 0 Å². The Balaban J connectivity index is 0.000000845. The van der Waals surface area contributed by atoms with E-state index >= 15 is 0 Å². The van der Waals surface area contributed by atoms with Crippen LogP contribution in [0.1, 0.15) is 10.4 Å². The second kappa shape index (κ2) is 4.04. The van der Waals surface area contributed by atoms with Crippen LogP contribution in [0.15, 0.2) is 28.5 Å². The van der Waals surface area contributed by atoms with Crippen LogP contribution in [-0.4, -0.2) is 40.3 Å². The number of nitrogens with two attached hydrogens (primary N) is 1. The zero-order chi connectivity index (χ0) is 8.55. The van der Waals surface area contributed by atoms with Crippen molar-refractivity contribution in [1.29, 1.82) is 0 Å². The van der Waals surface area contributed by atoms with Crippen LogP contribution in [0, 0.1) is 0 Å². The summed E-state index contributed by atoms with van der Waals surface area (Å²) in [6.07, 6.45) is 0. The molecule has 2 N–H and O–H groups in total. The maximum atomic E-state index is 10.7. The maximum Gasteiger partial charge on any atom is 0 e. The molecule has 3 nitrogen and oxygen atoms in total. The summed E-state index contributed by atoms with van der Waals surface area (Å²) in [5.41, 5.74) is 6.25. The van der Waals surface area contributed by atoms with Gasteiger partial charge in [-0.15, -0.1) is 0 Å². The van der Waals surface area contributed by atoms with Gasteiger partial charge in [-0.05, 0) is 0 Å². The van der Waals surface area contributed by atoms with Gasteiger partial charge in [-0.3, -0.25) is 0 Å². The van der Waals surface area contributed by atoms with Crippen molar-refractivity contribution >= 4 is 51.3 Å². The summed E-state index contributed by atoms with van der Waals surface area (Å²) >= 11 is 0. The zero-order valence-electron chi connectivity index (χ0n) is 6.78. The van der Waals surface area contributed by atoms with E-state index < -0.39 is 5.91 Å². The summed E-state index contributed by atoms with van der Waals surface area (Å²) in [6.45, 7) is 0. The molecule has 1 heterocycles. The summed E-state index contributed by atoms with van der Waals surface area (Å²) in [4.78, 5) is 10.7.